The summed E-state index contributed by atoms with van der Waals surface area (Å²) in [6.07, 6.45) is -5.14. The predicted molar refractivity (Wildman–Crippen MR) is 89.1 cm³/mol. The number of nitro groups is 2. The van der Waals surface area contributed by atoms with Crippen LogP contribution in [0.25, 0.3) is 0 Å². The first-order valence-corrected chi connectivity index (χ1v) is 7.86. The molecule has 0 bridgehead atoms. The smallest absolute Gasteiger partial charge is 0.355 e. The van der Waals surface area contributed by atoms with Crippen molar-refractivity contribution in [3.05, 3.63) is 43.5 Å². The van der Waals surface area contributed by atoms with Gasteiger partial charge in [-0.15, -0.1) is 0 Å². The summed E-state index contributed by atoms with van der Waals surface area (Å²) in [5, 5.41) is 32.9. The fourth-order valence-electron chi connectivity index (χ4n) is 2.16. The summed E-state index contributed by atoms with van der Waals surface area (Å²) in [6, 6.07) is 0.182. The second-order valence-electron chi connectivity index (χ2n) is 4.71. The normalized spacial score (nSPS) is 10.9. The molecule has 0 radical (unpaired) electrons. The molecule has 0 N–H and O–H groups in total. The van der Waals surface area contributed by atoms with Crippen LogP contribution in [0.15, 0.2) is 22.6 Å². The van der Waals surface area contributed by atoms with Crippen LogP contribution in [0.3, 0.4) is 0 Å². The number of nitrogens with zero attached hydrogens (tertiary/aromatic N) is 4. The molecular weight excluding hydrogens is 401 g/mol. The fourth-order valence-corrected chi connectivity index (χ4v) is 2.95. The van der Waals surface area contributed by atoms with Gasteiger partial charge in [-0.3, -0.25) is 20.2 Å². The van der Waals surface area contributed by atoms with Crippen molar-refractivity contribution < 1.29 is 23.0 Å². The zero-order valence-electron chi connectivity index (χ0n) is 13.0. The molecule has 0 aromatic heterocycles. The van der Waals surface area contributed by atoms with E-state index >= 15 is 0 Å². The lowest BCUT2D eigenvalue weighted by Gasteiger charge is -2.23. The summed E-state index contributed by atoms with van der Waals surface area (Å²) in [5.41, 5.74) is -4.61. The van der Waals surface area contributed by atoms with E-state index in [1.165, 1.54) is 12.3 Å². The zero-order valence-corrected chi connectivity index (χ0v) is 14.6. The number of anilines is 1. The lowest BCUT2D eigenvalue weighted by atomic mass is 10.1. The van der Waals surface area contributed by atoms with Crippen LogP contribution in [0.1, 0.15) is 12.5 Å². The topological polar surface area (TPSA) is 113 Å². The lowest BCUT2D eigenvalue weighted by molar-refractivity contribution is -0.394. The number of hydrogen-bond donors (Lipinski definition) is 0. The summed E-state index contributed by atoms with van der Waals surface area (Å²) >= 11 is 5.56. The highest BCUT2D eigenvalue weighted by atomic mass is 35.5. The predicted octanol–water partition coefficient (Wildman–Crippen LogP) is 4.67. The highest BCUT2D eigenvalue weighted by molar-refractivity contribution is 8.04. The summed E-state index contributed by atoms with van der Waals surface area (Å²) in [6.45, 7) is 4.53. The number of nitriles is 1. The van der Waals surface area contributed by atoms with E-state index in [1.54, 1.807) is 0 Å². The van der Waals surface area contributed by atoms with Crippen molar-refractivity contribution in [2.45, 2.75) is 18.0 Å². The Kier molecular flexibility index (Phi) is 6.82. The van der Waals surface area contributed by atoms with Gasteiger partial charge in [0, 0.05) is 17.6 Å². The molecule has 0 spiro atoms. The molecule has 8 nitrogen and oxygen atoms in total. The Morgan fingerprint density at radius 2 is 2.00 bits per heavy atom. The van der Waals surface area contributed by atoms with Crippen LogP contribution in [-0.2, 0) is 6.18 Å². The van der Waals surface area contributed by atoms with Gasteiger partial charge in [0.15, 0.2) is 5.69 Å². The Hall–Kier alpha value is -2.52. The van der Waals surface area contributed by atoms with Crippen LogP contribution < -0.4 is 4.90 Å². The van der Waals surface area contributed by atoms with Crippen molar-refractivity contribution >= 4 is 40.4 Å². The Balaban J connectivity index is 4.06. The highest BCUT2D eigenvalue weighted by Gasteiger charge is 2.44. The van der Waals surface area contributed by atoms with Gasteiger partial charge in [0.2, 0.25) is 0 Å². The number of alkyl halides is 3. The number of nitro benzene ring substituents is 2. The molecule has 0 atom stereocenters. The standard InChI is InChI=1S/C13H10ClF3N4O4S/c1-3-19(5-7(2)14)10-9(20(22)23)4-8(13(15,16)17)12(26-6-18)11(10)21(24)25/h4H,2-3,5H2,1H3. The summed E-state index contributed by atoms with van der Waals surface area (Å²) in [7, 11) is 0. The third kappa shape index (κ3) is 4.55. The molecule has 0 heterocycles. The van der Waals surface area contributed by atoms with Crippen molar-refractivity contribution in [2.75, 3.05) is 18.0 Å². The van der Waals surface area contributed by atoms with Crippen LogP contribution in [0.5, 0.6) is 0 Å². The van der Waals surface area contributed by atoms with Gasteiger partial charge in [-0.05, 0) is 18.7 Å². The molecule has 26 heavy (non-hydrogen) atoms. The summed E-state index contributed by atoms with van der Waals surface area (Å²) < 4.78 is 39.8. The number of likely N-dealkylation sites (N-methyl/N-ethyl adjacent to an activating group) is 1. The maximum Gasteiger partial charge on any atom is 0.418 e. The maximum absolute atomic E-state index is 13.3. The number of hydrogen-bond acceptors (Lipinski definition) is 7. The van der Waals surface area contributed by atoms with Crippen molar-refractivity contribution in [3.8, 4) is 5.40 Å². The van der Waals surface area contributed by atoms with Gasteiger partial charge in [0.25, 0.3) is 5.69 Å². The zero-order chi connectivity index (χ0) is 20.2. The maximum atomic E-state index is 13.3. The minimum Gasteiger partial charge on any atom is -0.355 e. The first-order valence-electron chi connectivity index (χ1n) is 6.66. The van der Waals surface area contributed by atoms with Gasteiger partial charge >= 0.3 is 11.9 Å². The van der Waals surface area contributed by atoms with Gasteiger partial charge in [0.1, 0.15) is 10.3 Å². The Morgan fingerprint density at radius 3 is 2.35 bits per heavy atom. The molecule has 0 aliphatic rings. The number of benzene rings is 1. The first-order chi connectivity index (χ1) is 11.9. The van der Waals surface area contributed by atoms with E-state index in [0.29, 0.717) is 0 Å². The molecule has 1 aromatic rings. The molecule has 140 valence electrons. The van der Waals surface area contributed by atoms with E-state index in [-0.39, 0.29) is 36.0 Å². The average molecular weight is 411 g/mol. The fraction of sp³-hybridized carbons (Fsp3) is 0.308. The molecule has 0 unspecified atom stereocenters. The van der Waals surface area contributed by atoms with E-state index in [0.717, 1.165) is 4.90 Å². The number of halogens is 4. The Bertz CT molecular complexity index is 810. The van der Waals surface area contributed by atoms with Crippen molar-refractivity contribution in [1.29, 1.82) is 5.26 Å². The Labute approximate surface area is 154 Å². The second kappa shape index (κ2) is 8.24. The SMILES string of the molecule is C=C(Cl)CN(CC)c1c([N+](=O)[O-])cc(C(F)(F)F)c(SC#N)c1[N+](=O)[O-]. The van der Waals surface area contributed by atoms with Crippen LogP contribution >= 0.6 is 23.4 Å². The number of rotatable bonds is 7. The molecule has 0 saturated carbocycles. The van der Waals surface area contributed by atoms with Gasteiger partial charge in [-0.2, -0.15) is 18.4 Å². The summed E-state index contributed by atoms with van der Waals surface area (Å²) in [5.74, 6) is 0. The molecular formula is C13H10ClF3N4O4S. The van der Waals surface area contributed by atoms with Crippen molar-refractivity contribution in [1.82, 2.24) is 0 Å². The molecule has 0 aliphatic heterocycles. The lowest BCUT2D eigenvalue weighted by Crippen LogP contribution is -2.26. The van der Waals surface area contributed by atoms with E-state index in [9.17, 15) is 33.4 Å². The molecule has 0 aliphatic carbocycles. The van der Waals surface area contributed by atoms with Gasteiger partial charge < -0.3 is 4.90 Å². The molecule has 1 rings (SSSR count). The molecule has 1 aromatic carbocycles. The minimum atomic E-state index is -5.14. The molecule has 13 heteroatoms. The minimum absolute atomic E-state index is 0.0372. The monoisotopic (exact) mass is 410 g/mol. The third-order valence-electron chi connectivity index (χ3n) is 3.10. The van der Waals surface area contributed by atoms with Crippen molar-refractivity contribution in [3.63, 3.8) is 0 Å². The van der Waals surface area contributed by atoms with Crippen LogP contribution in [0.4, 0.5) is 30.2 Å². The largest absolute Gasteiger partial charge is 0.418 e. The number of thioether (sulfide) groups is 1. The van der Waals surface area contributed by atoms with Crippen LogP contribution in [0, 0.1) is 30.9 Å². The third-order valence-corrected chi connectivity index (χ3v) is 3.93. The van der Waals surface area contributed by atoms with Gasteiger partial charge in [-0.25, -0.2) is 0 Å². The second-order valence-corrected chi connectivity index (χ2v) is 6.04. The summed E-state index contributed by atoms with van der Waals surface area (Å²) in [4.78, 5) is 20.5. The van der Waals surface area contributed by atoms with Gasteiger partial charge in [-0.1, -0.05) is 18.2 Å². The number of thiocyanates is 1. The highest BCUT2D eigenvalue weighted by Crippen LogP contribution is 2.50. The van der Waals surface area contributed by atoms with E-state index in [4.69, 9.17) is 16.9 Å². The molecule has 0 amide bonds. The Morgan fingerprint density at radius 1 is 1.42 bits per heavy atom. The molecule has 0 saturated heterocycles. The molecule has 0 fully saturated rings. The van der Waals surface area contributed by atoms with E-state index < -0.39 is 43.5 Å². The van der Waals surface area contributed by atoms with Gasteiger partial charge in [0.05, 0.1) is 22.0 Å². The van der Waals surface area contributed by atoms with E-state index in [2.05, 4.69) is 6.58 Å². The van der Waals surface area contributed by atoms with Crippen molar-refractivity contribution in [2.24, 2.45) is 0 Å². The van der Waals surface area contributed by atoms with Crippen LogP contribution in [0.2, 0.25) is 0 Å². The quantitative estimate of drug-likeness (QED) is 0.277. The van der Waals surface area contributed by atoms with Crippen LogP contribution in [-0.4, -0.2) is 22.9 Å². The van der Waals surface area contributed by atoms with E-state index in [1.807, 2.05) is 0 Å². The average Bonchev–Trinajstić information content (AvgIpc) is 2.50. The first kappa shape index (κ1) is 21.5.